The number of benzene rings is 2. The predicted molar refractivity (Wildman–Crippen MR) is 91.7 cm³/mol. The molecule has 7 nitrogen and oxygen atoms in total. The van der Waals surface area contributed by atoms with Crippen molar-refractivity contribution in [2.24, 2.45) is 0 Å². The van der Waals surface area contributed by atoms with Crippen LogP contribution in [0.1, 0.15) is 0 Å². The van der Waals surface area contributed by atoms with Gasteiger partial charge in [-0.05, 0) is 24.3 Å². The molecule has 0 saturated heterocycles. The highest BCUT2D eigenvalue weighted by Crippen LogP contribution is 2.25. The van der Waals surface area contributed by atoms with Crippen molar-refractivity contribution in [1.29, 1.82) is 0 Å². The molecule has 25 heavy (non-hydrogen) atoms. The van der Waals surface area contributed by atoms with Crippen LogP contribution in [0.5, 0.6) is 17.2 Å². The zero-order valence-electron chi connectivity index (χ0n) is 13.5. The lowest BCUT2D eigenvalue weighted by atomic mass is 10.3. The van der Waals surface area contributed by atoms with E-state index in [4.69, 9.17) is 25.8 Å². The Morgan fingerprint density at radius 2 is 1.32 bits per heavy atom. The molecular weight excluding hydrogens is 348 g/mol. The van der Waals surface area contributed by atoms with Crippen molar-refractivity contribution in [3.8, 4) is 17.2 Å². The monoisotopic (exact) mass is 364 g/mol. The molecule has 0 aliphatic heterocycles. The molecule has 0 fully saturated rings. The molecule has 8 heteroatoms. The van der Waals surface area contributed by atoms with Gasteiger partial charge < -0.3 is 14.2 Å². The van der Waals surface area contributed by atoms with Gasteiger partial charge in [0.25, 0.3) is 11.8 Å². The van der Waals surface area contributed by atoms with Gasteiger partial charge in [-0.2, -0.15) is 0 Å². The van der Waals surface area contributed by atoms with E-state index in [-0.39, 0.29) is 13.2 Å². The van der Waals surface area contributed by atoms with Crippen LogP contribution < -0.4 is 25.1 Å². The summed E-state index contributed by atoms with van der Waals surface area (Å²) in [6.45, 7) is -0.580. The van der Waals surface area contributed by atoms with E-state index >= 15 is 0 Å². The highest BCUT2D eigenvalue weighted by molar-refractivity contribution is 6.32. The number of rotatable bonds is 7. The maximum Gasteiger partial charge on any atom is 0.276 e. The Labute approximate surface area is 149 Å². The van der Waals surface area contributed by atoms with E-state index in [1.807, 2.05) is 0 Å². The molecule has 132 valence electrons. The Morgan fingerprint density at radius 3 is 1.88 bits per heavy atom. The third kappa shape index (κ3) is 5.89. The van der Waals surface area contributed by atoms with Crippen molar-refractivity contribution in [3.63, 3.8) is 0 Å². The minimum absolute atomic E-state index is 0.286. The van der Waals surface area contributed by atoms with E-state index in [2.05, 4.69) is 10.9 Å². The summed E-state index contributed by atoms with van der Waals surface area (Å²) in [5.41, 5.74) is 4.44. The number of para-hydroxylation sites is 3. The first-order chi connectivity index (χ1) is 12.1. The fourth-order valence-corrected chi connectivity index (χ4v) is 1.99. The lowest BCUT2D eigenvalue weighted by molar-refractivity contribution is -0.131. The Balaban J connectivity index is 1.71. The van der Waals surface area contributed by atoms with Crippen molar-refractivity contribution in [2.45, 2.75) is 0 Å². The lowest BCUT2D eigenvalue weighted by Crippen LogP contribution is -2.45. The second-order valence-electron chi connectivity index (χ2n) is 4.75. The van der Waals surface area contributed by atoms with Crippen molar-refractivity contribution in [1.82, 2.24) is 10.9 Å². The van der Waals surface area contributed by atoms with Gasteiger partial charge in [0.15, 0.2) is 24.7 Å². The Bertz CT molecular complexity index is 738. The molecule has 0 aliphatic rings. The molecule has 2 amide bonds. The summed E-state index contributed by atoms with van der Waals surface area (Å²) in [5.74, 6) is 0.244. The summed E-state index contributed by atoms with van der Waals surface area (Å²) < 4.78 is 15.7. The molecule has 2 aromatic rings. The number of hydrogen-bond acceptors (Lipinski definition) is 5. The molecule has 2 rings (SSSR count). The number of methoxy groups -OCH3 is 1. The van der Waals surface area contributed by atoms with E-state index in [1.54, 1.807) is 48.5 Å². The maximum atomic E-state index is 11.7. The number of amides is 2. The van der Waals surface area contributed by atoms with E-state index < -0.39 is 11.8 Å². The van der Waals surface area contributed by atoms with Crippen LogP contribution in [-0.2, 0) is 9.59 Å². The van der Waals surface area contributed by atoms with Crippen LogP contribution in [0.2, 0.25) is 5.02 Å². The predicted octanol–water partition coefficient (Wildman–Crippen LogP) is 1.95. The van der Waals surface area contributed by atoms with Gasteiger partial charge in [-0.1, -0.05) is 35.9 Å². The van der Waals surface area contributed by atoms with Gasteiger partial charge >= 0.3 is 0 Å². The van der Waals surface area contributed by atoms with Crippen LogP contribution in [0.15, 0.2) is 48.5 Å². The van der Waals surface area contributed by atoms with Crippen LogP contribution in [0, 0.1) is 0 Å². The Hall–Kier alpha value is -2.93. The highest BCUT2D eigenvalue weighted by Gasteiger charge is 2.09. The minimum Gasteiger partial charge on any atom is -0.493 e. The topological polar surface area (TPSA) is 85.9 Å². The summed E-state index contributed by atoms with van der Waals surface area (Å²) in [7, 11) is 1.50. The third-order valence-corrected chi connectivity index (χ3v) is 3.28. The summed E-state index contributed by atoms with van der Waals surface area (Å²) in [4.78, 5) is 23.3. The van der Waals surface area contributed by atoms with Gasteiger partial charge in [0, 0.05) is 0 Å². The average molecular weight is 365 g/mol. The molecule has 0 atom stereocenters. The van der Waals surface area contributed by atoms with Crippen LogP contribution in [0.25, 0.3) is 0 Å². The Morgan fingerprint density at radius 1 is 0.840 bits per heavy atom. The molecule has 0 aromatic heterocycles. The maximum absolute atomic E-state index is 11.7. The number of nitrogens with one attached hydrogen (secondary N) is 2. The second-order valence-corrected chi connectivity index (χ2v) is 5.16. The van der Waals surface area contributed by atoms with Crippen LogP contribution in [0.4, 0.5) is 0 Å². The molecule has 0 bridgehead atoms. The highest BCUT2D eigenvalue weighted by atomic mass is 35.5. The quantitative estimate of drug-likeness (QED) is 0.733. The van der Waals surface area contributed by atoms with Crippen molar-refractivity contribution < 1.29 is 23.8 Å². The second kappa shape index (κ2) is 9.39. The Kier molecular flexibility index (Phi) is 6.91. The van der Waals surface area contributed by atoms with E-state index in [0.29, 0.717) is 22.3 Å². The van der Waals surface area contributed by atoms with Crippen LogP contribution >= 0.6 is 11.6 Å². The molecule has 0 spiro atoms. The van der Waals surface area contributed by atoms with Crippen molar-refractivity contribution >= 4 is 23.4 Å². The molecule has 0 radical (unpaired) electrons. The largest absolute Gasteiger partial charge is 0.493 e. The number of carbonyl (C=O) groups excluding carboxylic acids is 2. The SMILES string of the molecule is COc1ccccc1OCC(=O)NNC(=O)COc1ccccc1Cl. The van der Waals surface area contributed by atoms with E-state index in [9.17, 15) is 9.59 Å². The first-order valence-corrected chi connectivity index (χ1v) is 7.68. The number of carbonyl (C=O) groups is 2. The van der Waals surface area contributed by atoms with Gasteiger partial charge in [-0.25, -0.2) is 0 Å². The van der Waals surface area contributed by atoms with Gasteiger partial charge in [0.2, 0.25) is 0 Å². The molecular formula is C17H17ClN2O5. The molecule has 2 aromatic carbocycles. The summed E-state index contributed by atoms with van der Waals surface area (Å²) in [5, 5.41) is 0.393. The molecule has 0 heterocycles. The third-order valence-electron chi connectivity index (χ3n) is 2.96. The fraction of sp³-hybridized carbons (Fsp3) is 0.176. The molecule has 0 unspecified atom stereocenters. The van der Waals surface area contributed by atoms with E-state index in [1.165, 1.54) is 7.11 Å². The normalized spacial score (nSPS) is 9.84. The summed E-state index contributed by atoms with van der Waals surface area (Å²) >= 11 is 5.91. The van der Waals surface area contributed by atoms with Gasteiger partial charge in [0.05, 0.1) is 12.1 Å². The minimum atomic E-state index is -0.537. The van der Waals surface area contributed by atoms with Gasteiger partial charge in [-0.15, -0.1) is 0 Å². The lowest BCUT2D eigenvalue weighted by Gasteiger charge is -2.11. The standard InChI is InChI=1S/C17H17ClN2O5/c1-23-14-8-4-5-9-15(14)25-11-17(22)20-19-16(21)10-24-13-7-3-2-6-12(13)18/h2-9H,10-11H2,1H3,(H,19,21)(H,20,22). The number of ether oxygens (including phenoxy) is 3. The number of hydrazine groups is 1. The van der Waals surface area contributed by atoms with Gasteiger partial charge in [0.1, 0.15) is 5.75 Å². The smallest absolute Gasteiger partial charge is 0.276 e. The molecule has 0 aliphatic carbocycles. The first-order valence-electron chi connectivity index (χ1n) is 7.31. The van der Waals surface area contributed by atoms with Crippen molar-refractivity contribution in [2.75, 3.05) is 20.3 Å². The van der Waals surface area contributed by atoms with Crippen molar-refractivity contribution in [3.05, 3.63) is 53.6 Å². The van der Waals surface area contributed by atoms with Crippen LogP contribution in [-0.4, -0.2) is 32.1 Å². The van der Waals surface area contributed by atoms with E-state index in [0.717, 1.165) is 0 Å². The zero-order valence-corrected chi connectivity index (χ0v) is 14.2. The van der Waals surface area contributed by atoms with Crippen LogP contribution in [0.3, 0.4) is 0 Å². The summed E-state index contributed by atoms with van der Waals surface area (Å²) in [6, 6.07) is 13.7. The molecule has 2 N–H and O–H groups in total. The number of hydrogen-bond donors (Lipinski definition) is 2. The first kappa shape index (κ1) is 18.4. The fourth-order valence-electron chi connectivity index (χ4n) is 1.80. The average Bonchev–Trinajstić information content (AvgIpc) is 2.64. The number of halogens is 1. The molecule has 0 saturated carbocycles. The van der Waals surface area contributed by atoms with Gasteiger partial charge in [-0.3, -0.25) is 20.4 Å². The zero-order chi connectivity index (χ0) is 18.1. The summed E-state index contributed by atoms with van der Waals surface area (Å²) in [6.07, 6.45) is 0.